The van der Waals surface area contributed by atoms with Gasteiger partial charge in [-0.1, -0.05) is 41.9 Å². The molecule has 0 saturated heterocycles. The summed E-state index contributed by atoms with van der Waals surface area (Å²) < 4.78 is 6.88. The molecule has 19 heavy (non-hydrogen) atoms. The molecular formula is C16H26BrNO. The van der Waals surface area contributed by atoms with Crippen molar-refractivity contribution in [2.24, 2.45) is 5.92 Å². The molecular weight excluding hydrogens is 302 g/mol. The summed E-state index contributed by atoms with van der Waals surface area (Å²) in [5.74, 6) is 1.24. The standard InChI is InChI=1S/C16H26BrNO/c1-13(2)7-9-19-10-8-15(12-18-3)14-5-4-6-16(17)11-14/h4-6,11,13,15,18H,7-10,12H2,1-3H3. The van der Waals surface area contributed by atoms with Gasteiger partial charge in [0.1, 0.15) is 0 Å². The summed E-state index contributed by atoms with van der Waals surface area (Å²) in [6, 6.07) is 8.57. The highest BCUT2D eigenvalue weighted by Gasteiger charge is 2.11. The summed E-state index contributed by atoms with van der Waals surface area (Å²) in [4.78, 5) is 0. The fraction of sp³-hybridized carbons (Fsp3) is 0.625. The van der Waals surface area contributed by atoms with Crippen LogP contribution in [-0.4, -0.2) is 26.8 Å². The Morgan fingerprint density at radius 2 is 1.95 bits per heavy atom. The minimum Gasteiger partial charge on any atom is -0.381 e. The Morgan fingerprint density at radius 3 is 2.58 bits per heavy atom. The van der Waals surface area contributed by atoms with E-state index in [1.165, 1.54) is 5.56 Å². The molecule has 3 heteroatoms. The molecule has 1 atom stereocenters. The van der Waals surface area contributed by atoms with Crippen molar-refractivity contribution in [2.75, 3.05) is 26.8 Å². The van der Waals surface area contributed by atoms with E-state index in [4.69, 9.17) is 4.74 Å². The van der Waals surface area contributed by atoms with Crippen LogP contribution in [0, 0.1) is 5.92 Å². The highest BCUT2D eigenvalue weighted by atomic mass is 79.9. The minimum absolute atomic E-state index is 0.515. The molecule has 0 saturated carbocycles. The Balaban J connectivity index is 2.40. The summed E-state index contributed by atoms with van der Waals surface area (Å²) in [6.45, 7) is 7.17. The van der Waals surface area contributed by atoms with Gasteiger partial charge in [0.2, 0.25) is 0 Å². The van der Waals surface area contributed by atoms with Crippen LogP contribution >= 0.6 is 15.9 Å². The Kier molecular flexibility index (Phi) is 8.35. The molecule has 0 heterocycles. The molecule has 0 aliphatic heterocycles. The Labute approximate surface area is 126 Å². The van der Waals surface area contributed by atoms with Crippen molar-refractivity contribution in [3.05, 3.63) is 34.3 Å². The monoisotopic (exact) mass is 327 g/mol. The van der Waals surface area contributed by atoms with Crippen molar-refractivity contribution in [1.82, 2.24) is 5.32 Å². The van der Waals surface area contributed by atoms with E-state index in [-0.39, 0.29) is 0 Å². The number of hydrogen-bond donors (Lipinski definition) is 1. The summed E-state index contributed by atoms with van der Waals surface area (Å²) in [5.41, 5.74) is 1.37. The van der Waals surface area contributed by atoms with Gasteiger partial charge >= 0.3 is 0 Å². The lowest BCUT2D eigenvalue weighted by molar-refractivity contribution is 0.117. The van der Waals surface area contributed by atoms with E-state index < -0.39 is 0 Å². The normalized spacial score (nSPS) is 12.9. The first-order valence-corrected chi connectivity index (χ1v) is 7.90. The van der Waals surface area contributed by atoms with Gasteiger partial charge in [-0.05, 0) is 49.4 Å². The van der Waals surface area contributed by atoms with Crippen LogP contribution < -0.4 is 5.32 Å². The quantitative estimate of drug-likeness (QED) is 0.686. The Bertz CT molecular complexity index is 354. The number of rotatable bonds is 9. The van der Waals surface area contributed by atoms with E-state index in [0.717, 1.165) is 43.0 Å². The molecule has 0 fully saturated rings. The number of nitrogens with one attached hydrogen (secondary N) is 1. The van der Waals surface area contributed by atoms with Crippen molar-refractivity contribution in [3.8, 4) is 0 Å². The zero-order valence-electron chi connectivity index (χ0n) is 12.3. The molecule has 1 unspecified atom stereocenters. The van der Waals surface area contributed by atoms with Gasteiger partial charge in [-0.3, -0.25) is 0 Å². The molecule has 108 valence electrons. The maximum absolute atomic E-state index is 5.73. The largest absolute Gasteiger partial charge is 0.381 e. The average Bonchev–Trinajstić information content (AvgIpc) is 2.36. The fourth-order valence-corrected chi connectivity index (χ4v) is 2.46. The molecule has 1 N–H and O–H groups in total. The van der Waals surface area contributed by atoms with Gasteiger partial charge < -0.3 is 10.1 Å². The SMILES string of the molecule is CNCC(CCOCCC(C)C)c1cccc(Br)c1. The molecule has 0 aliphatic rings. The van der Waals surface area contributed by atoms with Crippen molar-refractivity contribution in [1.29, 1.82) is 0 Å². The van der Waals surface area contributed by atoms with E-state index in [0.29, 0.717) is 5.92 Å². The summed E-state index contributed by atoms with van der Waals surface area (Å²) in [5, 5.41) is 3.27. The first-order valence-electron chi connectivity index (χ1n) is 7.11. The van der Waals surface area contributed by atoms with Gasteiger partial charge in [-0.25, -0.2) is 0 Å². The van der Waals surface area contributed by atoms with Crippen molar-refractivity contribution in [3.63, 3.8) is 0 Å². The highest BCUT2D eigenvalue weighted by Crippen LogP contribution is 2.22. The highest BCUT2D eigenvalue weighted by molar-refractivity contribution is 9.10. The molecule has 1 rings (SSSR count). The lowest BCUT2D eigenvalue weighted by atomic mass is 9.96. The molecule has 0 aliphatic carbocycles. The van der Waals surface area contributed by atoms with Crippen molar-refractivity contribution < 1.29 is 4.74 Å². The molecule has 2 nitrogen and oxygen atoms in total. The van der Waals surface area contributed by atoms with Crippen LogP contribution in [0.1, 0.15) is 38.2 Å². The summed E-state index contributed by atoms with van der Waals surface area (Å²) >= 11 is 3.54. The van der Waals surface area contributed by atoms with E-state index in [1.807, 2.05) is 7.05 Å². The second-order valence-corrected chi connectivity index (χ2v) is 6.31. The first-order chi connectivity index (χ1) is 9.13. The zero-order chi connectivity index (χ0) is 14.1. The van der Waals surface area contributed by atoms with Crippen LogP contribution in [0.25, 0.3) is 0 Å². The van der Waals surface area contributed by atoms with Crippen LogP contribution in [0.4, 0.5) is 0 Å². The molecule has 0 amide bonds. The van der Waals surface area contributed by atoms with Crippen LogP contribution in [-0.2, 0) is 4.74 Å². The van der Waals surface area contributed by atoms with Crippen molar-refractivity contribution in [2.45, 2.75) is 32.6 Å². The van der Waals surface area contributed by atoms with Gasteiger partial charge in [0, 0.05) is 24.2 Å². The topological polar surface area (TPSA) is 21.3 Å². The van der Waals surface area contributed by atoms with Crippen LogP contribution in [0.5, 0.6) is 0 Å². The molecule has 0 radical (unpaired) electrons. The van der Waals surface area contributed by atoms with Gasteiger partial charge in [-0.2, -0.15) is 0 Å². The predicted octanol–water partition coefficient (Wildman–Crippen LogP) is 4.20. The van der Waals surface area contributed by atoms with E-state index in [2.05, 4.69) is 59.4 Å². The number of halogens is 1. The fourth-order valence-electron chi connectivity index (χ4n) is 2.04. The predicted molar refractivity (Wildman–Crippen MR) is 85.7 cm³/mol. The Morgan fingerprint density at radius 1 is 1.21 bits per heavy atom. The second kappa shape index (κ2) is 9.51. The minimum atomic E-state index is 0.515. The third-order valence-electron chi connectivity index (χ3n) is 3.22. The zero-order valence-corrected chi connectivity index (χ0v) is 13.9. The lowest BCUT2D eigenvalue weighted by Crippen LogP contribution is -2.19. The van der Waals surface area contributed by atoms with Crippen LogP contribution in [0.2, 0.25) is 0 Å². The molecule has 0 spiro atoms. The number of benzene rings is 1. The van der Waals surface area contributed by atoms with Gasteiger partial charge in [0.05, 0.1) is 0 Å². The number of hydrogen-bond acceptors (Lipinski definition) is 2. The van der Waals surface area contributed by atoms with Crippen molar-refractivity contribution >= 4 is 15.9 Å². The molecule has 0 bridgehead atoms. The summed E-state index contributed by atoms with van der Waals surface area (Å²) in [7, 11) is 2.00. The average molecular weight is 328 g/mol. The van der Waals surface area contributed by atoms with Gasteiger partial charge in [0.25, 0.3) is 0 Å². The lowest BCUT2D eigenvalue weighted by Gasteiger charge is -2.17. The first kappa shape index (κ1) is 16.7. The van der Waals surface area contributed by atoms with E-state index >= 15 is 0 Å². The second-order valence-electron chi connectivity index (χ2n) is 5.39. The van der Waals surface area contributed by atoms with Crippen LogP contribution in [0.3, 0.4) is 0 Å². The van der Waals surface area contributed by atoms with Gasteiger partial charge in [-0.15, -0.1) is 0 Å². The van der Waals surface area contributed by atoms with E-state index in [9.17, 15) is 0 Å². The Hall–Kier alpha value is -0.380. The summed E-state index contributed by atoms with van der Waals surface area (Å²) in [6.07, 6.45) is 2.21. The van der Waals surface area contributed by atoms with E-state index in [1.54, 1.807) is 0 Å². The van der Waals surface area contributed by atoms with Gasteiger partial charge in [0.15, 0.2) is 0 Å². The third-order valence-corrected chi connectivity index (χ3v) is 3.71. The maximum atomic E-state index is 5.73. The third kappa shape index (κ3) is 7.09. The molecule has 1 aromatic rings. The molecule has 0 aromatic heterocycles. The molecule has 1 aromatic carbocycles. The number of likely N-dealkylation sites (N-methyl/N-ethyl adjacent to an activating group) is 1. The smallest absolute Gasteiger partial charge is 0.0472 e. The van der Waals surface area contributed by atoms with Crippen LogP contribution in [0.15, 0.2) is 28.7 Å². The maximum Gasteiger partial charge on any atom is 0.0472 e. The number of ether oxygens (including phenoxy) is 1.